The maximum atomic E-state index is 6.17. The number of hydrogen-bond donors (Lipinski definition) is 0. The lowest BCUT2D eigenvalue weighted by molar-refractivity contribution is 0.174. The Kier molecular flexibility index (Phi) is 2.96. The van der Waals surface area contributed by atoms with Crippen molar-refractivity contribution in [2.24, 2.45) is 0 Å². The van der Waals surface area contributed by atoms with Crippen LogP contribution >= 0.6 is 23.4 Å². The average molecular weight is 311 g/mol. The molecule has 0 N–H and O–H groups in total. The molecular weight excluding hydrogens is 300 g/mol. The second-order valence-corrected chi connectivity index (χ2v) is 6.09. The maximum Gasteiger partial charge on any atom is 0.231 e. The zero-order chi connectivity index (χ0) is 13.5. The van der Waals surface area contributed by atoms with Gasteiger partial charge in [-0.25, -0.2) is 4.68 Å². The molecule has 8 heteroatoms. The molecule has 1 aromatic heterocycles. The second kappa shape index (κ2) is 4.82. The summed E-state index contributed by atoms with van der Waals surface area (Å²) >= 11 is 7.77. The molecule has 1 aromatic carbocycles. The van der Waals surface area contributed by atoms with Crippen molar-refractivity contribution in [2.75, 3.05) is 6.79 Å². The van der Waals surface area contributed by atoms with Crippen LogP contribution in [0.25, 0.3) is 0 Å². The first kappa shape index (κ1) is 12.3. The molecule has 4 rings (SSSR count). The van der Waals surface area contributed by atoms with Crippen LogP contribution in [-0.4, -0.2) is 27.0 Å². The number of rotatable bonds is 4. The largest absolute Gasteiger partial charge is 0.454 e. The minimum Gasteiger partial charge on any atom is -0.454 e. The van der Waals surface area contributed by atoms with E-state index in [1.54, 1.807) is 11.8 Å². The second-order valence-electron chi connectivity index (χ2n) is 4.74. The number of benzene rings is 1. The van der Waals surface area contributed by atoms with E-state index in [0.717, 1.165) is 29.3 Å². The molecule has 0 atom stereocenters. The minimum absolute atomic E-state index is 0.228. The molecular formula is C12H11ClN4O2S. The normalized spacial score (nSPS) is 16.6. The molecule has 0 radical (unpaired) electrons. The zero-order valence-corrected chi connectivity index (χ0v) is 12.0. The molecule has 0 spiro atoms. The highest BCUT2D eigenvalue weighted by atomic mass is 35.5. The molecule has 6 nitrogen and oxygen atoms in total. The van der Waals surface area contributed by atoms with Gasteiger partial charge in [-0.05, 0) is 41.0 Å². The Hall–Kier alpha value is -1.47. The Morgan fingerprint density at radius 1 is 1.35 bits per heavy atom. The summed E-state index contributed by atoms with van der Waals surface area (Å²) in [5.41, 5.74) is 1.06. The van der Waals surface area contributed by atoms with Gasteiger partial charge in [0.1, 0.15) is 0 Å². The third-order valence-corrected chi connectivity index (χ3v) is 4.50. The minimum atomic E-state index is 0.228. The summed E-state index contributed by atoms with van der Waals surface area (Å²) in [4.78, 5) is 0. The van der Waals surface area contributed by atoms with Crippen LogP contribution in [0.4, 0.5) is 0 Å². The Morgan fingerprint density at radius 2 is 2.25 bits per heavy atom. The Bertz CT molecular complexity index is 659. The molecule has 1 saturated carbocycles. The van der Waals surface area contributed by atoms with Gasteiger partial charge in [0.25, 0.3) is 0 Å². The predicted molar refractivity (Wildman–Crippen MR) is 73.2 cm³/mol. The van der Waals surface area contributed by atoms with Gasteiger partial charge in [-0.3, -0.25) is 0 Å². The van der Waals surface area contributed by atoms with E-state index >= 15 is 0 Å². The van der Waals surface area contributed by atoms with Gasteiger partial charge >= 0.3 is 0 Å². The van der Waals surface area contributed by atoms with Crippen molar-refractivity contribution in [3.8, 4) is 11.5 Å². The monoisotopic (exact) mass is 310 g/mol. The predicted octanol–water partition coefficient (Wildman–Crippen LogP) is 2.68. The number of thioether (sulfide) groups is 1. The van der Waals surface area contributed by atoms with Crippen LogP contribution in [0.5, 0.6) is 11.5 Å². The Balaban J connectivity index is 1.52. The van der Waals surface area contributed by atoms with E-state index in [0.29, 0.717) is 22.6 Å². The van der Waals surface area contributed by atoms with Crippen molar-refractivity contribution >= 4 is 23.4 Å². The number of ether oxygens (including phenoxy) is 2. The number of tetrazole rings is 1. The molecule has 1 aliphatic carbocycles. The number of aromatic nitrogens is 4. The average Bonchev–Trinajstić information content (AvgIpc) is 3.00. The van der Waals surface area contributed by atoms with Crippen LogP contribution in [0, 0.1) is 0 Å². The first-order chi connectivity index (χ1) is 9.81. The van der Waals surface area contributed by atoms with Crippen LogP contribution in [0.1, 0.15) is 24.4 Å². The zero-order valence-electron chi connectivity index (χ0n) is 10.5. The van der Waals surface area contributed by atoms with E-state index in [1.165, 1.54) is 0 Å². The SMILES string of the molecule is Clc1cc(CSc2nnnn2C2CC2)cc2c1OCO2. The first-order valence-electron chi connectivity index (χ1n) is 6.30. The standard InChI is InChI=1S/C12H11ClN4O2S/c13-9-3-7(4-10-11(9)19-6-18-10)5-20-12-14-15-16-17(12)8-1-2-8/h3-4,8H,1-2,5-6H2. The molecule has 0 saturated heterocycles. The summed E-state index contributed by atoms with van der Waals surface area (Å²) in [5, 5.41) is 13.3. The molecule has 2 aromatic rings. The quantitative estimate of drug-likeness (QED) is 0.809. The van der Waals surface area contributed by atoms with Crippen LogP contribution in [-0.2, 0) is 5.75 Å². The van der Waals surface area contributed by atoms with Crippen molar-refractivity contribution in [1.82, 2.24) is 20.2 Å². The van der Waals surface area contributed by atoms with E-state index in [2.05, 4.69) is 15.5 Å². The van der Waals surface area contributed by atoms with Gasteiger partial charge in [0.2, 0.25) is 11.9 Å². The number of fused-ring (bicyclic) bond motifs is 1. The van der Waals surface area contributed by atoms with E-state index in [9.17, 15) is 0 Å². The lowest BCUT2D eigenvalue weighted by Crippen LogP contribution is -1.98. The maximum absolute atomic E-state index is 6.17. The number of halogens is 1. The van der Waals surface area contributed by atoms with Gasteiger partial charge in [0.15, 0.2) is 11.5 Å². The highest BCUT2D eigenvalue weighted by Gasteiger charge is 2.28. The van der Waals surface area contributed by atoms with E-state index in [1.807, 2.05) is 16.8 Å². The summed E-state index contributed by atoms with van der Waals surface area (Å²) in [6, 6.07) is 4.33. The molecule has 2 aliphatic rings. The van der Waals surface area contributed by atoms with E-state index in [-0.39, 0.29) is 6.79 Å². The van der Waals surface area contributed by atoms with Crippen molar-refractivity contribution in [3.63, 3.8) is 0 Å². The molecule has 0 amide bonds. The molecule has 104 valence electrons. The lowest BCUT2D eigenvalue weighted by atomic mass is 10.2. The highest BCUT2D eigenvalue weighted by Crippen LogP contribution is 2.41. The highest BCUT2D eigenvalue weighted by molar-refractivity contribution is 7.98. The topological polar surface area (TPSA) is 62.1 Å². The van der Waals surface area contributed by atoms with Crippen molar-refractivity contribution < 1.29 is 9.47 Å². The van der Waals surface area contributed by atoms with Crippen molar-refractivity contribution in [1.29, 1.82) is 0 Å². The Morgan fingerprint density at radius 3 is 3.10 bits per heavy atom. The number of nitrogens with zero attached hydrogens (tertiary/aromatic N) is 4. The van der Waals surface area contributed by atoms with Crippen molar-refractivity contribution in [3.05, 3.63) is 22.7 Å². The first-order valence-corrected chi connectivity index (χ1v) is 7.66. The third kappa shape index (κ3) is 2.20. The van der Waals surface area contributed by atoms with Crippen LogP contribution in [0.2, 0.25) is 5.02 Å². The molecule has 1 fully saturated rings. The fourth-order valence-corrected chi connectivity index (χ4v) is 3.24. The summed E-state index contributed by atoms with van der Waals surface area (Å²) < 4.78 is 12.6. The van der Waals surface area contributed by atoms with Gasteiger partial charge in [-0.2, -0.15) is 0 Å². The molecule has 1 aliphatic heterocycles. The van der Waals surface area contributed by atoms with E-state index < -0.39 is 0 Å². The third-order valence-electron chi connectivity index (χ3n) is 3.21. The van der Waals surface area contributed by atoms with Crippen LogP contribution in [0.15, 0.2) is 17.3 Å². The molecule has 0 bridgehead atoms. The van der Waals surface area contributed by atoms with Crippen molar-refractivity contribution in [2.45, 2.75) is 29.8 Å². The van der Waals surface area contributed by atoms with Gasteiger partial charge < -0.3 is 9.47 Å². The van der Waals surface area contributed by atoms with Gasteiger partial charge in [0, 0.05) is 5.75 Å². The smallest absolute Gasteiger partial charge is 0.231 e. The Labute approximate surface area is 124 Å². The lowest BCUT2D eigenvalue weighted by Gasteiger charge is -2.05. The fraction of sp³-hybridized carbons (Fsp3) is 0.417. The molecule has 20 heavy (non-hydrogen) atoms. The van der Waals surface area contributed by atoms with Crippen LogP contribution < -0.4 is 9.47 Å². The fourth-order valence-electron chi connectivity index (χ4n) is 2.08. The van der Waals surface area contributed by atoms with Gasteiger partial charge in [0.05, 0.1) is 11.1 Å². The van der Waals surface area contributed by atoms with Crippen LogP contribution in [0.3, 0.4) is 0 Å². The van der Waals surface area contributed by atoms with Gasteiger partial charge in [-0.15, -0.1) is 5.10 Å². The summed E-state index contributed by atoms with van der Waals surface area (Å²) in [6.07, 6.45) is 2.32. The van der Waals surface area contributed by atoms with Gasteiger partial charge in [-0.1, -0.05) is 23.4 Å². The summed E-state index contributed by atoms with van der Waals surface area (Å²) in [5.74, 6) is 2.07. The molecule has 2 heterocycles. The summed E-state index contributed by atoms with van der Waals surface area (Å²) in [7, 11) is 0. The van der Waals surface area contributed by atoms with E-state index in [4.69, 9.17) is 21.1 Å². The number of hydrogen-bond acceptors (Lipinski definition) is 6. The summed E-state index contributed by atoms with van der Waals surface area (Å²) in [6.45, 7) is 0.228. The molecule has 0 unspecified atom stereocenters.